The van der Waals surface area contributed by atoms with Crippen LogP contribution in [-0.4, -0.2) is 34.1 Å². The van der Waals surface area contributed by atoms with Crippen molar-refractivity contribution in [2.75, 3.05) is 0 Å². The van der Waals surface area contributed by atoms with Crippen LogP contribution in [0, 0.1) is 0 Å². The molecule has 0 amide bonds. The molecule has 0 unspecified atom stereocenters. The average molecular weight is 642 g/mol. The standard InChI is InChI=1S/C43H27N7/c1-4-14-28(15-5-1)40-46-41(29-16-6-2-7-17-29)48-42(47-40)38-33-21-10-12-22-35(33)44-43(45-38)50-37-23-13-11-20-31(37)32-24-25-36-34(39(32)50)26-27-49(36)30-18-8-3-9-19-30/h1-27H. The molecule has 0 radical (unpaired) electrons. The van der Waals surface area contributed by atoms with Gasteiger partial charge in [-0.3, -0.25) is 4.57 Å². The van der Waals surface area contributed by atoms with Gasteiger partial charge in [-0.25, -0.2) is 24.9 Å². The summed E-state index contributed by atoms with van der Waals surface area (Å²) < 4.78 is 4.42. The summed E-state index contributed by atoms with van der Waals surface area (Å²) in [5.74, 6) is 2.20. The largest absolute Gasteiger partial charge is 0.316 e. The minimum absolute atomic E-state index is 0.485. The molecule has 7 heteroatoms. The van der Waals surface area contributed by atoms with Crippen molar-refractivity contribution in [1.82, 2.24) is 34.1 Å². The number of fused-ring (bicyclic) bond motifs is 6. The van der Waals surface area contributed by atoms with Crippen molar-refractivity contribution in [3.05, 3.63) is 164 Å². The molecule has 234 valence electrons. The van der Waals surface area contributed by atoms with Gasteiger partial charge in [0, 0.05) is 44.6 Å². The summed E-state index contributed by atoms with van der Waals surface area (Å²) in [6.07, 6.45) is 2.13. The van der Waals surface area contributed by atoms with Crippen LogP contribution >= 0.6 is 0 Å². The van der Waals surface area contributed by atoms with Crippen LogP contribution in [0.1, 0.15) is 0 Å². The molecule has 0 aliphatic carbocycles. The highest BCUT2D eigenvalue weighted by molar-refractivity contribution is 6.18. The van der Waals surface area contributed by atoms with Crippen LogP contribution in [0.4, 0.5) is 0 Å². The number of hydrogen-bond donors (Lipinski definition) is 0. The van der Waals surface area contributed by atoms with Gasteiger partial charge in [-0.15, -0.1) is 0 Å². The first-order chi connectivity index (χ1) is 24.8. The summed E-state index contributed by atoms with van der Waals surface area (Å²) in [5.41, 5.74) is 7.52. The van der Waals surface area contributed by atoms with Crippen molar-refractivity contribution in [2.24, 2.45) is 0 Å². The maximum absolute atomic E-state index is 5.35. The SMILES string of the molecule is c1ccc(-c2nc(-c3ccccc3)nc(-c3nc(-n4c5ccccc5c5ccc6c(ccn6-c6ccccc6)c54)nc4ccccc34)n2)cc1. The molecule has 4 heterocycles. The molecular formula is C43H27N7. The first kappa shape index (κ1) is 28.1. The van der Waals surface area contributed by atoms with Gasteiger partial charge in [0.25, 0.3) is 0 Å². The van der Waals surface area contributed by atoms with Gasteiger partial charge < -0.3 is 4.57 Å². The lowest BCUT2D eigenvalue weighted by atomic mass is 10.1. The Kier molecular flexibility index (Phi) is 6.35. The molecule has 0 atom stereocenters. The van der Waals surface area contributed by atoms with Crippen molar-refractivity contribution in [3.63, 3.8) is 0 Å². The summed E-state index contributed by atoms with van der Waals surface area (Å²) in [5, 5.41) is 4.24. The van der Waals surface area contributed by atoms with Gasteiger partial charge in [-0.2, -0.15) is 0 Å². The Morgan fingerprint density at radius 3 is 1.70 bits per heavy atom. The number of benzene rings is 6. The van der Waals surface area contributed by atoms with Gasteiger partial charge in [-0.05, 0) is 36.4 Å². The van der Waals surface area contributed by atoms with E-state index >= 15 is 0 Å². The summed E-state index contributed by atoms with van der Waals surface area (Å²) in [6, 6.07) is 53.6. The molecule has 0 bridgehead atoms. The number of rotatable bonds is 5. The molecule has 0 spiro atoms. The minimum atomic E-state index is 0.485. The fraction of sp³-hybridized carbons (Fsp3) is 0. The van der Waals surface area contributed by atoms with E-state index in [0.717, 1.165) is 60.4 Å². The molecule has 7 nitrogen and oxygen atoms in total. The third kappa shape index (κ3) is 4.48. The van der Waals surface area contributed by atoms with E-state index in [1.807, 2.05) is 91.0 Å². The van der Waals surface area contributed by atoms with Gasteiger partial charge >= 0.3 is 0 Å². The van der Waals surface area contributed by atoms with E-state index in [2.05, 4.69) is 82.1 Å². The van der Waals surface area contributed by atoms with E-state index in [-0.39, 0.29) is 0 Å². The van der Waals surface area contributed by atoms with Gasteiger partial charge in [0.15, 0.2) is 17.5 Å². The molecule has 10 aromatic rings. The number of para-hydroxylation sites is 3. The van der Waals surface area contributed by atoms with E-state index < -0.39 is 0 Å². The van der Waals surface area contributed by atoms with Crippen molar-refractivity contribution in [1.29, 1.82) is 0 Å². The first-order valence-corrected chi connectivity index (χ1v) is 16.5. The molecule has 0 saturated heterocycles. The van der Waals surface area contributed by atoms with E-state index in [0.29, 0.717) is 29.1 Å². The molecule has 0 aliphatic rings. The zero-order valence-corrected chi connectivity index (χ0v) is 26.7. The highest BCUT2D eigenvalue weighted by atomic mass is 15.2. The minimum Gasteiger partial charge on any atom is -0.316 e. The monoisotopic (exact) mass is 641 g/mol. The zero-order chi connectivity index (χ0) is 33.0. The van der Waals surface area contributed by atoms with E-state index in [1.165, 1.54) is 0 Å². The average Bonchev–Trinajstić information content (AvgIpc) is 3.78. The van der Waals surface area contributed by atoms with E-state index in [9.17, 15) is 0 Å². The van der Waals surface area contributed by atoms with Crippen LogP contribution in [-0.2, 0) is 0 Å². The van der Waals surface area contributed by atoms with Crippen LogP contribution in [0.3, 0.4) is 0 Å². The summed E-state index contributed by atoms with van der Waals surface area (Å²) in [7, 11) is 0. The summed E-state index contributed by atoms with van der Waals surface area (Å²) in [6.45, 7) is 0. The Labute approximate surface area is 286 Å². The molecule has 50 heavy (non-hydrogen) atoms. The van der Waals surface area contributed by atoms with Gasteiger partial charge in [0.2, 0.25) is 5.95 Å². The van der Waals surface area contributed by atoms with Crippen molar-refractivity contribution in [3.8, 4) is 45.9 Å². The maximum Gasteiger partial charge on any atom is 0.235 e. The second kappa shape index (κ2) is 11.3. The molecule has 10 rings (SSSR count). The molecule has 0 fully saturated rings. The van der Waals surface area contributed by atoms with Gasteiger partial charge in [-0.1, -0.05) is 121 Å². The fourth-order valence-electron chi connectivity index (χ4n) is 6.95. The molecule has 4 aromatic heterocycles. The Hall–Kier alpha value is -6.99. The summed E-state index contributed by atoms with van der Waals surface area (Å²) >= 11 is 0. The first-order valence-electron chi connectivity index (χ1n) is 16.5. The lowest BCUT2D eigenvalue weighted by molar-refractivity contribution is 0.997. The zero-order valence-electron chi connectivity index (χ0n) is 26.7. The fourth-order valence-corrected chi connectivity index (χ4v) is 6.95. The second-order valence-electron chi connectivity index (χ2n) is 12.2. The van der Waals surface area contributed by atoms with Gasteiger partial charge in [0.1, 0.15) is 5.69 Å². The lowest BCUT2D eigenvalue weighted by Crippen LogP contribution is -2.06. The Morgan fingerprint density at radius 2 is 0.980 bits per heavy atom. The lowest BCUT2D eigenvalue weighted by Gasteiger charge is -2.13. The Balaban J connectivity index is 1.28. The Morgan fingerprint density at radius 1 is 0.380 bits per heavy atom. The van der Waals surface area contributed by atoms with Crippen LogP contribution in [0.15, 0.2) is 164 Å². The number of nitrogens with zero attached hydrogens (tertiary/aromatic N) is 7. The van der Waals surface area contributed by atoms with Crippen LogP contribution in [0.5, 0.6) is 0 Å². The van der Waals surface area contributed by atoms with E-state index in [1.54, 1.807) is 0 Å². The number of aromatic nitrogens is 7. The number of hydrogen-bond acceptors (Lipinski definition) is 5. The second-order valence-corrected chi connectivity index (χ2v) is 12.2. The quantitative estimate of drug-likeness (QED) is 0.187. The van der Waals surface area contributed by atoms with E-state index in [4.69, 9.17) is 24.9 Å². The van der Waals surface area contributed by atoms with Crippen molar-refractivity contribution < 1.29 is 0 Å². The van der Waals surface area contributed by atoms with Crippen molar-refractivity contribution in [2.45, 2.75) is 0 Å². The topological polar surface area (TPSA) is 74.3 Å². The van der Waals surface area contributed by atoms with Crippen LogP contribution in [0.25, 0.3) is 89.5 Å². The third-order valence-corrected chi connectivity index (χ3v) is 9.24. The van der Waals surface area contributed by atoms with Crippen molar-refractivity contribution >= 4 is 43.6 Å². The van der Waals surface area contributed by atoms with Crippen LogP contribution in [0.2, 0.25) is 0 Å². The third-order valence-electron chi connectivity index (χ3n) is 9.24. The summed E-state index contributed by atoms with van der Waals surface area (Å²) in [4.78, 5) is 25.6. The molecule has 0 aliphatic heterocycles. The smallest absolute Gasteiger partial charge is 0.235 e. The molecule has 6 aromatic carbocycles. The molecule has 0 saturated carbocycles. The highest BCUT2D eigenvalue weighted by Gasteiger charge is 2.22. The normalized spacial score (nSPS) is 11.6. The highest BCUT2D eigenvalue weighted by Crippen LogP contribution is 2.38. The predicted molar refractivity (Wildman–Crippen MR) is 200 cm³/mol. The molecule has 0 N–H and O–H groups in total. The predicted octanol–water partition coefficient (Wildman–Crippen LogP) is 9.86. The van der Waals surface area contributed by atoms with Gasteiger partial charge in [0.05, 0.1) is 22.1 Å². The maximum atomic E-state index is 5.35. The van der Waals surface area contributed by atoms with Crippen LogP contribution < -0.4 is 0 Å². The molecular weight excluding hydrogens is 615 g/mol. The Bertz CT molecular complexity index is 2800.